The molecule has 2 rings (SSSR count). The molecule has 0 aliphatic carbocycles. The van der Waals surface area contributed by atoms with Crippen LogP contribution in [-0.2, 0) is 16.0 Å². The number of hydrogen-bond acceptors (Lipinski definition) is 2. The second kappa shape index (κ2) is 6.89. The van der Waals surface area contributed by atoms with Gasteiger partial charge in [-0.3, -0.25) is 9.59 Å². The molecule has 1 fully saturated rings. The Labute approximate surface area is 119 Å². The number of carbonyl (C=O) groups is 2. The summed E-state index contributed by atoms with van der Waals surface area (Å²) in [5.41, 5.74) is 1.06. The van der Waals surface area contributed by atoms with E-state index < -0.39 is 6.04 Å². The van der Waals surface area contributed by atoms with Crippen molar-refractivity contribution in [1.82, 2.24) is 10.2 Å². The molecule has 1 aromatic carbocycles. The van der Waals surface area contributed by atoms with E-state index in [1.54, 1.807) is 4.90 Å². The highest BCUT2D eigenvalue weighted by atomic mass is 16.2. The number of benzene rings is 1. The van der Waals surface area contributed by atoms with E-state index in [0.717, 1.165) is 12.0 Å². The Kier molecular flexibility index (Phi) is 4.93. The first kappa shape index (κ1) is 14.3. The van der Waals surface area contributed by atoms with Crippen molar-refractivity contribution in [2.75, 3.05) is 13.1 Å². The maximum Gasteiger partial charge on any atom is 0.245 e. The summed E-state index contributed by atoms with van der Waals surface area (Å²) < 4.78 is 0. The predicted octanol–water partition coefficient (Wildman–Crippen LogP) is 1.52. The van der Waals surface area contributed by atoms with Crippen LogP contribution in [0, 0.1) is 0 Å². The highest BCUT2D eigenvalue weighted by Crippen LogP contribution is 2.10. The van der Waals surface area contributed by atoms with Crippen LogP contribution in [0.2, 0.25) is 0 Å². The Morgan fingerprint density at radius 1 is 1.30 bits per heavy atom. The number of piperazine rings is 1. The van der Waals surface area contributed by atoms with Gasteiger partial charge in [-0.15, -0.1) is 0 Å². The average molecular weight is 272 g/mol. The van der Waals surface area contributed by atoms with Crippen LogP contribution in [0.4, 0.5) is 0 Å². The van der Waals surface area contributed by atoms with E-state index in [1.165, 1.54) is 0 Å². The van der Waals surface area contributed by atoms with Crippen molar-refractivity contribution in [2.24, 2.45) is 0 Å². The lowest BCUT2D eigenvalue weighted by atomic mass is 10.0. The quantitative estimate of drug-likeness (QED) is 0.826. The fourth-order valence-corrected chi connectivity index (χ4v) is 2.35. The van der Waals surface area contributed by atoms with Gasteiger partial charge in [0.25, 0.3) is 0 Å². The number of amides is 2. The molecule has 1 heterocycles. The maximum atomic E-state index is 12.4. The van der Waals surface area contributed by atoms with Gasteiger partial charge in [0.2, 0.25) is 11.8 Å². The van der Waals surface area contributed by atoms with Crippen LogP contribution in [-0.4, -0.2) is 35.8 Å². The molecule has 1 aromatic rings. The molecule has 2 amide bonds. The van der Waals surface area contributed by atoms with E-state index in [2.05, 4.69) is 5.32 Å². The van der Waals surface area contributed by atoms with E-state index in [0.29, 0.717) is 13.0 Å². The summed E-state index contributed by atoms with van der Waals surface area (Å²) in [7, 11) is 0. The third-order valence-electron chi connectivity index (χ3n) is 3.36. The monoisotopic (exact) mass is 272 g/mol. The minimum absolute atomic E-state index is 0.0120. The van der Waals surface area contributed by atoms with Crippen molar-refractivity contribution in [2.45, 2.75) is 25.8 Å². The third kappa shape index (κ3) is 3.70. The van der Waals surface area contributed by atoms with Crippen LogP contribution in [0.5, 0.6) is 0 Å². The zero-order valence-electron chi connectivity index (χ0n) is 11.7. The van der Waals surface area contributed by atoms with E-state index in [1.807, 2.05) is 49.4 Å². The summed E-state index contributed by atoms with van der Waals surface area (Å²) in [6, 6.07) is 9.32. The van der Waals surface area contributed by atoms with Crippen LogP contribution < -0.4 is 5.32 Å². The molecule has 1 aliphatic rings. The molecule has 0 bridgehead atoms. The molecular weight excluding hydrogens is 252 g/mol. The summed E-state index contributed by atoms with van der Waals surface area (Å²) in [5, 5.41) is 2.79. The number of carbonyl (C=O) groups excluding carboxylic acids is 2. The Morgan fingerprint density at radius 3 is 2.75 bits per heavy atom. The van der Waals surface area contributed by atoms with Gasteiger partial charge in [0, 0.05) is 13.0 Å². The lowest BCUT2D eigenvalue weighted by molar-refractivity contribution is -0.144. The van der Waals surface area contributed by atoms with Gasteiger partial charge in [-0.25, -0.2) is 0 Å². The van der Waals surface area contributed by atoms with E-state index in [-0.39, 0.29) is 18.4 Å². The zero-order valence-corrected chi connectivity index (χ0v) is 11.7. The molecular formula is C16H20N2O2. The SMILES string of the molecule is C/C=C/CCN1CC(=O)NC(Cc2ccccc2)C1=O. The van der Waals surface area contributed by atoms with Gasteiger partial charge in [-0.1, -0.05) is 42.5 Å². The highest BCUT2D eigenvalue weighted by molar-refractivity contribution is 5.95. The van der Waals surface area contributed by atoms with Gasteiger partial charge >= 0.3 is 0 Å². The Bertz CT molecular complexity index is 496. The molecule has 1 unspecified atom stereocenters. The highest BCUT2D eigenvalue weighted by Gasteiger charge is 2.31. The van der Waals surface area contributed by atoms with Crippen molar-refractivity contribution >= 4 is 11.8 Å². The number of hydrogen-bond donors (Lipinski definition) is 1. The zero-order chi connectivity index (χ0) is 14.4. The predicted molar refractivity (Wildman–Crippen MR) is 78.1 cm³/mol. The molecule has 20 heavy (non-hydrogen) atoms. The van der Waals surface area contributed by atoms with Gasteiger partial charge in [0.1, 0.15) is 6.04 Å². The average Bonchev–Trinajstić information content (AvgIpc) is 2.45. The second-order valence-corrected chi connectivity index (χ2v) is 4.93. The fraction of sp³-hybridized carbons (Fsp3) is 0.375. The number of nitrogens with one attached hydrogen (secondary N) is 1. The summed E-state index contributed by atoms with van der Waals surface area (Å²) in [6.07, 6.45) is 5.29. The van der Waals surface area contributed by atoms with Crippen LogP contribution in [0.25, 0.3) is 0 Å². The first-order chi connectivity index (χ1) is 9.70. The van der Waals surface area contributed by atoms with Crippen molar-refractivity contribution in [3.8, 4) is 0 Å². The molecule has 1 N–H and O–H groups in total. The maximum absolute atomic E-state index is 12.4. The Hall–Kier alpha value is -2.10. The summed E-state index contributed by atoms with van der Waals surface area (Å²) in [5.74, 6) is -0.0658. The first-order valence-electron chi connectivity index (χ1n) is 6.94. The van der Waals surface area contributed by atoms with Crippen LogP contribution in [0.1, 0.15) is 18.9 Å². The van der Waals surface area contributed by atoms with E-state index in [9.17, 15) is 9.59 Å². The summed E-state index contributed by atoms with van der Waals surface area (Å²) in [6.45, 7) is 2.71. The van der Waals surface area contributed by atoms with Crippen molar-refractivity contribution in [1.29, 1.82) is 0 Å². The number of allylic oxidation sites excluding steroid dienone is 1. The second-order valence-electron chi connectivity index (χ2n) is 4.93. The van der Waals surface area contributed by atoms with Crippen LogP contribution in [0.15, 0.2) is 42.5 Å². The minimum atomic E-state index is -0.441. The molecule has 0 saturated carbocycles. The van der Waals surface area contributed by atoms with E-state index >= 15 is 0 Å². The standard InChI is InChI=1S/C16H20N2O2/c1-2-3-7-10-18-12-15(19)17-14(16(18)20)11-13-8-5-4-6-9-13/h2-6,8-9,14H,7,10-12H2,1H3,(H,17,19)/b3-2+. The van der Waals surface area contributed by atoms with E-state index in [4.69, 9.17) is 0 Å². The van der Waals surface area contributed by atoms with Gasteiger partial charge < -0.3 is 10.2 Å². The van der Waals surface area contributed by atoms with Crippen LogP contribution in [0.3, 0.4) is 0 Å². The van der Waals surface area contributed by atoms with Crippen molar-refractivity contribution < 1.29 is 9.59 Å². The number of rotatable bonds is 5. The van der Waals surface area contributed by atoms with Gasteiger partial charge in [0.15, 0.2) is 0 Å². The molecule has 1 saturated heterocycles. The molecule has 0 radical (unpaired) electrons. The first-order valence-corrected chi connectivity index (χ1v) is 6.94. The minimum Gasteiger partial charge on any atom is -0.342 e. The Balaban J connectivity index is 2.01. The Morgan fingerprint density at radius 2 is 2.05 bits per heavy atom. The molecule has 106 valence electrons. The normalized spacial score (nSPS) is 19.4. The molecule has 0 aromatic heterocycles. The molecule has 4 nitrogen and oxygen atoms in total. The smallest absolute Gasteiger partial charge is 0.245 e. The van der Waals surface area contributed by atoms with Gasteiger partial charge in [0.05, 0.1) is 6.54 Å². The van der Waals surface area contributed by atoms with Crippen LogP contribution >= 0.6 is 0 Å². The topological polar surface area (TPSA) is 49.4 Å². The fourth-order valence-electron chi connectivity index (χ4n) is 2.35. The van der Waals surface area contributed by atoms with Gasteiger partial charge in [-0.05, 0) is 18.9 Å². The molecule has 4 heteroatoms. The van der Waals surface area contributed by atoms with Crippen molar-refractivity contribution in [3.05, 3.63) is 48.0 Å². The lowest BCUT2D eigenvalue weighted by Gasteiger charge is -2.32. The summed E-state index contributed by atoms with van der Waals surface area (Å²) in [4.78, 5) is 25.7. The largest absolute Gasteiger partial charge is 0.342 e. The summed E-state index contributed by atoms with van der Waals surface area (Å²) >= 11 is 0. The molecule has 1 atom stereocenters. The molecule has 1 aliphatic heterocycles. The van der Waals surface area contributed by atoms with Gasteiger partial charge in [-0.2, -0.15) is 0 Å². The number of nitrogens with zero attached hydrogens (tertiary/aromatic N) is 1. The van der Waals surface area contributed by atoms with Crippen molar-refractivity contribution in [3.63, 3.8) is 0 Å². The molecule has 0 spiro atoms. The lowest BCUT2D eigenvalue weighted by Crippen LogP contribution is -2.58. The third-order valence-corrected chi connectivity index (χ3v) is 3.36.